The summed E-state index contributed by atoms with van der Waals surface area (Å²) < 4.78 is 5.62. The van der Waals surface area contributed by atoms with Crippen LogP contribution in [0.2, 0.25) is 0 Å². The molecule has 0 amide bonds. The predicted molar refractivity (Wildman–Crippen MR) is 110 cm³/mol. The van der Waals surface area contributed by atoms with Gasteiger partial charge in [0.2, 0.25) is 5.95 Å². The SMILES string of the molecule is COC1=CCc2cnc(Nc3ccc(N4CCCC4)cc3)nc2C1C(C)C. The quantitative estimate of drug-likeness (QED) is 0.837. The molecule has 1 atom stereocenters. The second-order valence-electron chi connectivity index (χ2n) is 7.71. The molecule has 0 spiro atoms. The third-order valence-electron chi connectivity index (χ3n) is 5.52. The van der Waals surface area contributed by atoms with E-state index in [0.717, 1.165) is 36.7 Å². The second kappa shape index (κ2) is 7.59. The topological polar surface area (TPSA) is 50.3 Å². The monoisotopic (exact) mass is 364 g/mol. The number of hydrogen-bond acceptors (Lipinski definition) is 5. The molecule has 1 unspecified atom stereocenters. The molecule has 0 bridgehead atoms. The van der Waals surface area contributed by atoms with Crippen molar-refractivity contribution < 1.29 is 4.74 Å². The Balaban J connectivity index is 1.55. The van der Waals surface area contributed by atoms with Crippen LogP contribution in [-0.2, 0) is 11.2 Å². The molecule has 0 saturated carbocycles. The molecule has 1 fully saturated rings. The van der Waals surface area contributed by atoms with Crippen molar-refractivity contribution >= 4 is 17.3 Å². The summed E-state index contributed by atoms with van der Waals surface area (Å²) in [5.74, 6) is 2.25. The average Bonchev–Trinajstić information content (AvgIpc) is 3.22. The molecule has 2 aromatic rings. The Hall–Kier alpha value is -2.56. The van der Waals surface area contributed by atoms with E-state index in [1.165, 1.54) is 24.1 Å². The Morgan fingerprint density at radius 1 is 1.15 bits per heavy atom. The van der Waals surface area contributed by atoms with Crippen LogP contribution in [-0.4, -0.2) is 30.2 Å². The Morgan fingerprint density at radius 3 is 2.56 bits per heavy atom. The maximum atomic E-state index is 5.62. The van der Waals surface area contributed by atoms with Gasteiger partial charge in [-0.3, -0.25) is 0 Å². The van der Waals surface area contributed by atoms with Crippen LogP contribution in [0, 0.1) is 5.92 Å². The number of anilines is 3. The first kappa shape index (κ1) is 17.8. The smallest absolute Gasteiger partial charge is 0.227 e. The van der Waals surface area contributed by atoms with Crippen LogP contribution in [0.3, 0.4) is 0 Å². The largest absolute Gasteiger partial charge is 0.501 e. The Bertz CT molecular complexity index is 823. The van der Waals surface area contributed by atoms with E-state index < -0.39 is 0 Å². The maximum Gasteiger partial charge on any atom is 0.227 e. The summed E-state index contributed by atoms with van der Waals surface area (Å²) in [6.07, 6.45) is 7.50. The lowest BCUT2D eigenvalue weighted by molar-refractivity contribution is 0.240. The number of benzene rings is 1. The molecular weight excluding hydrogens is 336 g/mol. The lowest BCUT2D eigenvalue weighted by atomic mass is 9.83. The maximum absolute atomic E-state index is 5.62. The number of nitrogens with one attached hydrogen (secondary N) is 1. The minimum absolute atomic E-state index is 0.180. The Morgan fingerprint density at radius 2 is 1.89 bits per heavy atom. The highest BCUT2D eigenvalue weighted by molar-refractivity contribution is 5.60. The summed E-state index contributed by atoms with van der Waals surface area (Å²) in [5.41, 5.74) is 4.57. The van der Waals surface area contributed by atoms with E-state index in [-0.39, 0.29) is 5.92 Å². The number of methoxy groups -OCH3 is 1. The second-order valence-corrected chi connectivity index (χ2v) is 7.71. The van der Waals surface area contributed by atoms with Crippen LogP contribution in [0.1, 0.15) is 43.9 Å². The van der Waals surface area contributed by atoms with Crippen molar-refractivity contribution in [2.24, 2.45) is 5.92 Å². The molecule has 4 rings (SSSR count). The fourth-order valence-electron chi connectivity index (χ4n) is 4.09. The van der Waals surface area contributed by atoms with Gasteiger partial charge < -0.3 is 15.0 Å². The first-order valence-electron chi connectivity index (χ1n) is 9.87. The van der Waals surface area contributed by atoms with E-state index in [0.29, 0.717) is 11.9 Å². The van der Waals surface area contributed by atoms with Crippen molar-refractivity contribution in [3.8, 4) is 0 Å². The Labute approximate surface area is 161 Å². The van der Waals surface area contributed by atoms with Crippen LogP contribution >= 0.6 is 0 Å². The zero-order valence-electron chi connectivity index (χ0n) is 16.4. The summed E-state index contributed by atoms with van der Waals surface area (Å²) in [5, 5.41) is 3.36. The van der Waals surface area contributed by atoms with E-state index in [2.05, 4.69) is 59.4 Å². The first-order valence-corrected chi connectivity index (χ1v) is 9.87. The van der Waals surface area contributed by atoms with Gasteiger partial charge in [0.25, 0.3) is 0 Å². The summed E-state index contributed by atoms with van der Waals surface area (Å²) in [6, 6.07) is 8.57. The zero-order chi connectivity index (χ0) is 18.8. The fourth-order valence-corrected chi connectivity index (χ4v) is 4.09. The van der Waals surface area contributed by atoms with Gasteiger partial charge in [0.05, 0.1) is 18.7 Å². The number of hydrogen-bond donors (Lipinski definition) is 1. The normalized spacial score (nSPS) is 19.0. The van der Waals surface area contributed by atoms with E-state index >= 15 is 0 Å². The fraction of sp³-hybridized carbons (Fsp3) is 0.455. The molecule has 0 radical (unpaired) electrons. The predicted octanol–water partition coefficient (Wildman–Crippen LogP) is 4.65. The van der Waals surface area contributed by atoms with Gasteiger partial charge in [-0.25, -0.2) is 9.97 Å². The van der Waals surface area contributed by atoms with E-state index in [1.807, 2.05) is 6.20 Å². The molecule has 2 heterocycles. The molecule has 1 N–H and O–H groups in total. The summed E-state index contributed by atoms with van der Waals surface area (Å²) in [4.78, 5) is 11.8. The van der Waals surface area contributed by atoms with Crippen LogP contribution < -0.4 is 10.2 Å². The zero-order valence-corrected chi connectivity index (χ0v) is 16.4. The van der Waals surface area contributed by atoms with Crippen LogP contribution in [0.25, 0.3) is 0 Å². The summed E-state index contributed by atoms with van der Waals surface area (Å²) in [7, 11) is 1.74. The van der Waals surface area contributed by atoms with Gasteiger partial charge in [0, 0.05) is 30.7 Å². The highest BCUT2D eigenvalue weighted by atomic mass is 16.5. The number of ether oxygens (including phenoxy) is 1. The molecule has 1 aromatic carbocycles. The Kier molecular flexibility index (Phi) is 5.01. The van der Waals surface area contributed by atoms with Crippen LogP contribution in [0.15, 0.2) is 42.3 Å². The van der Waals surface area contributed by atoms with Gasteiger partial charge in [-0.2, -0.15) is 0 Å². The van der Waals surface area contributed by atoms with Gasteiger partial charge in [0.1, 0.15) is 5.76 Å². The van der Waals surface area contributed by atoms with Crippen molar-refractivity contribution in [1.29, 1.82) is 0 Å². The van der Waals surface area contributed by atoms with E-state index in [1.54, 1.807) is 7.11 Å². The lowest BCUT2D eigenvalue weighted by Gasteiger charge is -2.28. The molecule has 142 valence electrons. The highest BCUT2D eigenvalue weighted by Crippen LogP contribution is 2.37. The van der Waals surface area contributed by atoms with Crippen molar-refractivity contribution in [2.75, 3.05) is 30.4 Å². The van der Waals surface area contributed by atoms with Crippen molar-refractivity contribution in [3.05, 3.63) is 53.6 Å². The van der Waals surface area contributed by atoms with Crippen molar-refractivity contribution in [1.82, 2.24) is 9.97 Å². The molecule has 1 aliphatic heterocycles. The molecule has 5 nitrogen and oxygen atoms in total. The standard InChI is InChI=1S/C22H28N4O/c1-15(2)20-19(27-3)11-6-16-14-23-22(25-21(16)20)24-17-7-9-18(10-8-17)26-12-4-5-13-26/h7-11,14-15,20H,4-6,12-13H2,1-3H3,(H,23,24,25). The number of nitrogens with zero attached hydrogens (tertiary/aromatic N) is 3. The van der Waals surface area contributed by atoms with Crippen LogP contribution in [0.4, 0.5) is 17.3 Å². The molecule has 1 aliphatic carbocycles. The molecule has 5 heteroatoms. The number of rotatable bonds is 5. The van der Waals surface area contributed by atoms with Gasteiger partial charge in [-0.1, -0.05) is 13.8 Å². The number of aromatic nitrogens is 2. The van der Waals surface area contributed by atoms with Gasteiger partial charge in [-0.05, 0) is 61.1 Å². The van der Waals surface area contributed by atoms with Crippen molar-refractivity contribution in [2.45, 2.75) is 39.0 Å². The first-order chi connectivity index (χ1) is 13.2. The minimum Gasteiger partial charge on any atom is -0.501 e. The van der Waals surface area contributed by atoms with Crippen LogP contribution in [0.5, 0.6) is 0 Å². The molecular formula is C22H28N4O. The average molecular weight is 364 g/mol. The van der Waals surface area contributed by atoms with Gasteiger partial charge in [-0.15, -0.1) is 0 Å². The molecule has 1 saturated heterocycles. The number of fused-ring (bicyclic) bond motifs is 1. The van der Waals surface area contributed by atoms with Crippen molar-refractivity contribution in [3.63, 3.8) is 0 Å². The highest BCUT2D eigenvalue weighted by Gasteiger charge is 2.29. The molecule has 2 aliphatic rings. The minimum atomic E-state index is 0.180. The van der Waals surface area contributed by atoms with E-state index in [4.69, 9.17) is 9.72 Å². The van der Waals surface area contributed by atoms with E-state index in [9.17, 15) is 0 Å². The van der Waals surface area contributed by atoms with Gasteiger partial charge >= 0.3 is 0 Å². The number of allylic oxidation sites excluding steroid dienone is 2. The lowest BCUT2D eigenvalue weighted by Crippen LogP contribution is -2.20. The third kappa shape index (κ3) is 3.64. The molecule has 27 heavy (non-hydrogen) atoms. The van der Waals surface area contributed by atoms with Gasteiger partial charge in [0.15, 0.2) is 0 Å². The molecule has 1 aromatic heterocycles. The summed E-state index contributed by atoms with van der Waals surface area (Å²) in [6.45, 7) is 6.73. The third-order valence-corrected chi connectivity index (χ3v) is 5.52. The summed E-state index contributed by atoms with van der Waals surface area (Å²) >= 11 is 0.